The zero-order valence-corrected chi connectivity index (χ0v) is 13.0. The van der Waals surface area contributed by atoms with Gasteiger partial charge in [-0.25, -0.2) is 0 Å². The summed E-state index contributed by atoms with van der Waals surface area (Å²) in [5.41, 5.74) is -0.184. The second kappa shape index (κ2) is 6.84. The molecule has 2 rings (SSSR count). The van der Waals surface area contributed by atoms with Crippen molar-refractivity contribution < 1.29 is 17.9 Å². The third-order valence-corrected chi connectivity index (χ3v) is 4.27. The van der Waals surface area contributed by atoms with Gasteiger partial charge in [-0.3, -0.25) is 4.90 Å². The van der Waals surface area contributed by atoms with Gasteiger partial charge in [0.1, 0.15) is 0 Å². The van der Waals surface area contributed by atoms with Crippen molar-refractivity contribution in [1.82, 2.24) is 10.2 Å². The summed E-state index contributed by atoms with van der Waals surface area (Å²) in [5, 5.41) is 3.40. The number of rotatable bonds is 7. The molecule has 1 saturated carbocycles. The number of alkyl halides is 3. The van der Waals surface area contributed by atoms with Crippen molar-refractivity contribution in [2.45, 2.75) is 57.8 Å². The average Bonchev–Trinajstić information content (AvgIpc) is 3.19. The highest BCUT2D eigenvalue weighted by atomic mass is 19.4. The highest BCUT2D eigenvalue weighted by Gasteiger charge is 2.43. The number of ether oxygens (including phenoxy) is 1. The molecule has 1 unspecified atom stereocenters. The van der Waals surface area contributed by atoms with E-state index in [1.807, 2.05) is 0 Å². The maximum absolute atomic E-state index is 12.8. The molecule has 0 aromatic carbocycles. The fraction of sp³-hybridized carbons (Fsp3) is 1.00. The molecule has 0 spiro atoms. The highest BCUT2D eigenvalue weighted by molar-refractivity contribution is 4.93. The molecule has 1 saturated heterocycles. The van der Waals surface area contributed by atoms with Crippen LogP contribution < -0.4 is 5.32 Å². The minimum absolute atomic E-state index is 0.115. The van der Waals surface area contributed by atoms with Gasteiger partial charge in [0.15, 0.2) is 0 Å². The van der Waals surface area contributed by atoms with E-state index in [9.17, 15) is 13.2 Å². The number of hydrogen-bond donors (Lipinski definition) is 1. The third-order valence-electron chi connectivity index (χ3n) is 4.27. The standard InChI is InChI=1S/C15H27F3N2O/c1-12(2)19-8-14(6-3-7-21-11-14)9-20(13-4-5-13)10-15(16,17)18/h12-13,19H,3-11H2,1-2H3. The van der Waals surface area contributed by atoms with Gasteiger partial charge in [0.2, 0.25) is 0 Å². The quantitative estimate of drug-likeness (QED) is 0.783. The predicted molar refractivity (Wildman–Crippen MR) is 76.3 cm³/mol. The van der Waals surface area contributed by atoms with Crippen LogP contribution in [0.4, 0.5) is 13.2 Å². The molecule has 0 bridgehead atoms. The monoisotopic (exact) mass is 308 g/mol. The molecule has 0 amide bonds. The van der Waals surface area contributed by atoms with E-state index in [2.05, 4.69) is 19.2 Å². The van der Waals surface area contributed by atoms with Crippen LogP contribution in [0.15, 0.2) is 0 Å². The molecule has 3 nitrogen and oxygen atoms in total. The number of hydrogen-bond acceptors (Lipinski definition) is 3. The molecule has 6 heteroatoms. The molecular weight excluding hydrogens is 281 g/mol. The normalized spacial score (nSPS) is 27.6. The van der Waals surface area contributed by atoms with E-state index in [4.69, 9.17) is 4.74 Å². The molecule has 2 fully saturated rings. The highest BCUT2D eigenvalue weighted by Crippen LogP contribution is 2.36. The lowest BCUT2D eigenvalue weighted by atomic mass is 9.81. The Morgan fingerprint density at radius 2 is 2.05 bits per heavy atom. The van der Waals surface area contributed by atoms with Crippen LogP contribution in [0.2, 0.25) is 0 Å². The van der Waals surface area contributed by atoms with Crippen molar-refractivity contribution in [2.75, 3.05) is 32.8 Å². The van der Waals surface area contributed by atoms with Gasteiger partial charge < -0.3 is 10.1 Å². The van der Waals surface area contributed by atoms with Crippen LogP contribution in [0.5, 0.6) is 0 Å². The van der Waals surface area contributed by atoms with Crippen LogP contribution in [-0.2, 0) is 4.74 Å². The summed E-state index contributed by atoms with van der Waals surface area (Å²) < 4.78 is 44.0. The predicted octanol–water partition coefficient (Wildman–Crippen LogP) is 2.81. The molecule has 124 valence electrons. The van der Waals surface area contributed by atoms with Gasteiger partial charge in [-0.15, -0.1) is 0 Å². The molecular formula is C15H27F3N2O. The molecule has 1 atom stereocenters. The van der Waals surface area contributed by atoms with E-state index >= 15 is 0 Å². The van der Waals surface area contributed by atoms with Gasteiger partial charge in [-0.1, -0.05) is 13.8 Å². The fourth-order valence-electron chi connectivity index (χ4n) is 3.07. The van der Waals surface area contributed by atoms with E-state index in [-0.39, 0.29) is 11.5 Å². The molecule has 21 heavy (non-hydrogen) atoms. The lowest BCUT2D eigenvalue weighted by molar-refractivity contribution is -0.153. The number of nitrogens with one attached hydrogen (secondary N) is 1. The summed E-state index contributed by atoms with van der Waals surface area (Å²) in [7, 11) is 0. The first-order valence-electron chi connectivity index (χ1n) is 7.92. The van der Waals surface area contributed by atoms with Gasteiger partial charge in [-0.05, 0) is 25.7 Å². The molecule has 0 aromatic rings. The first kappa shape index (κ1) is 17.0. The first-order valence-corrected chi connectivity index (χ1v) is 7.92. The molecule has 0 radical (unpaired) electrons. The van der Waals surface area contributed by atoms with Crippen molar-refractivity contribution in [1.29, 1.82) is 0 Å². The molecule has 1 heterocycles. The largest absolute Gasteiger partial charge is 0.401 e. The van der Waals surface area contributed by atoms with Crippen molar-refractivity contribution in [3.63, 3.8) is 0 Å². The summed E-state index contributed by atoms with van der Waals surface area (Å²) in [6.07, 6.45) is -0.460. The number of nitrogens with zero attached hydrogens (tertiary/aromatic N) is 1. The summed E-state index contributed by atoms with van der Waals surface area (Å²) in [6, 6.07) is 0.449. The van der Waals surface area contributed by atoms with E-state index in [1.165, 1.54) is 0 Å². The topological polar surface area (TPSA) is 24.5 Å². The van der Waals surface area contributed by atoms with E-state index in [0.717, 1.165) is 38.8 Å². The van der Waals surface area contributed by atoms with Crippen LogP contribution in [0.1, 0.15) is 39.5 Å². The second-order valence-electron chi connectivity index (χ2n) is 6.94. The molecule has 1 aliphatic heterocycles. The minimum Gasteiger partial charge on any atom is -0.381 e. The van der Waals surface area contributed by atoms with Crippen molar-refractivity contribution >= 4 is 0 Å². The van der Waals surface area contributed by atoms with Crippen molar-refractivity contribution in [3.8, 4) is 0 Å². The van der Waals surface area contributed by atoms with E-state index < -0.39 is 12.7 Å². The third kappa shape index (κ3) is 5.75. The Hall–Kier alpha value is -0.330. The van der Waals surface area contributed by atoms with Crippen molar-refractivity contribution in [3.05, 3.63) is 0 Å². The maximum Gasteiger partial charge on any atom is 0.401 e. The Labute approximate surface area is 125 Å². The summed E-state index contributed by atoms with van der Waals surface area (Å²) >= 11 is 0. The lowest BCUT2D eigenvalue weighted by Crippen LogP contribution is -2.52. The summed E-state index contributed by atoms with van der Waals surface area (Å²) in [6.45, 7) is 5.83. The fourth-order valence-corrected chi connectivity index (χ4v) is 3.07. The summed E-state index contributed by atoms with van der Waals surface area (Å²) in [4.78, 5) is 1.64. The molecule has 1 N–H and O–H groups in total. The summed E-state index contributed by atoms with van der Waals surface area (Å²) in [5.74, 6) is 0. The Bertz CT molecular complexity index is 323. The van der Waals surface area contributed by atoms with Crippen LogP contribution in [0.3, 0.4) is 0 Å². The van der Waals surface area contributed by atoms with E-state index in [0.29, 0.717) is 19.2 Å². The van der Waals surface area contributed by atoms with Crippen LogP contribution in [0.25, 0.3) is 0 Å². The van der Waals surface area contributed by atoms with Gasteiger partial charge in [0.25, 0.3) is 0 Å². The Morgan fingerprint density at radius 3 is 2.52 bits per heavy atom. The zero-order chi connectivity index (χ0) is 15.5. The van der Waals surface area contributed by atoms with Crippen LogP contribution in [0, 0.1) is 5.41 Å². The maximum atomic E-state index is 12.8. The Kier molecular flexibility index (Phi) is 5.54. The van der Waals surface area contributed by atoms with Crippen molar-refractivity contribution in [2.24, 2.45) is 5.41 Å². The SMILES string of the molecule is CC(C)NCC1(CN(CC(F)(F)F)C2CC2)CCCOC1. The van der Waals surface area contributed by atoms with Gasteiger partial charge in [0.05, 0.1) is 13.2 Å². The van der Waals surface area contributed by atoms with Gasteiger partial charge in [0, 0.05) is 37.2 Å². The Morgan fingerprint density at radius 1 is 1.33 bits per heavy atom. The smallest absolute Gasteiger partial charge is 0.381 e. The molecule has 0 aromatic heterocycles. The lowest BCUT2D eigenvalue weighted by Gasteiger charge is -2.42. The minimum atomic E-state index is -4.12. The Balaban J connectivity index is 2.00. The van der Waals surface area contributed by atoms with Crippen LogP contribution in [-0.4, -0.2) is 56.0 Å². The first-order chi connectivity index (χ1) is 9.80. The number of halogens is 3. The van der Waals surface area contributed by atoms with E-state index in [1.54, 1.807) is 4.90 Å². The molecule has 1 aliphatic carbocycles. The van der Waals surface area contributed by atoms with Crippen LogP contribution >= 0.6 is 0 Å². The molecule has 2 aliphatic rings. The van der Waals surface area contributed by atoms with Gasteiger partial charge >= 0.3 is 6.18 Å². The zero-order valence-electron chi connectivity index (χ0n) is 13.0. The van der Waals surface area contributed by atoms with Gasteiger partial charge in [-0.2, -0.15) is 13.2 Å². The average molecular weight is 308 g/mol. The second-order valence-corrected chi connectivity index (χ2v) is 6.94.